The Morgan fingerprint density at radius 3 is 2.35 bits per heavy atom. The van der Waals surface area contributed by atoms with E-state index in [1.807, 2.05) is 12.4 Å². The SMILES string of the molecule is CCc1cc[n+](C2CCN(C(=O)C(C)(F)F)CC2)cc1. The second kappa shape index (κ2) is 5.85. The molecule has 0 saturated carbocycles. The Balaban J connectivity index is 1.95. The number of carbonyl (C=O) groups excluding carboxylic acids is 1. The third-order valence-electron chi connectivity index (χ3n) is 3.88. The number of piperidine rings is 1. The Morgan fingerprint density at radius 2 is 1.90 bits per heavy atom. The lowest BCUT2D eigenvalue weighted by Crippen LogP contribution is -2.50. The quantitative estimate of drug-likeness (QED) is 0.781. The molecule has 0 aromatic carbocycles. The lowest BCUT2D eigenvalue weighted by molar-refractivity contribution is -0.725. The predicted octanol–water partition coefficient (Wildman–Crippen LogP) is 2.36. The number of rotatable bonds is 3. The van der Waals surface area contributed by atoms with Crippen molar-refractivity contribution in [3.63, 3.8) is 0 Å². The van der Waals surface area contributed by atoms with Crippen LogP contribution in [0, 0.1) is 0 Å². The molecule has 0 radical (unpaired) electrons. The van der Waals surface area contributed by atoms with Crippen LogP contribution in [0.4, 0.5) is 8.78 Å². The van der Waals surface area contributed by atoms with E-state index < -0.39 is 11.8 Å². The summed E-state index contributed by atoms with van der Waals surface area (Å²) in [7, 11) is 0. The lowest BCUT2D eigenvalue weighted by Gasteiger charge is -2.31. The van der Waals surface area contributed by atoms with Gasteiger partial charge in [0, 0.05) is 45.0 Å². The topological polar surface area (TPSA) is 24.2 Å². The highest BCUT2D eigenvalue weighted by Gasteiger charge is 2.39. The van der Waals surface area contributed by atoms with E-state index in [2.05, 4.69) is 23.6 Å². The summed E-state index contributed by atoms with van der Waals surface area (Å²) in [5.41, 5.74) is 1.28. The van der Waals surface area contributed by atoms with Gasteiger partial charge in [0.2, 0.25) is 0 Å². The summed E-state index contributed by atoms with van der Waals surface area (Å²) in [6, 6.07) is 4.45. The zero-order chi connectivity index (χ0) is 14.8. The first-order valence-electron chi connectivity index (χ1n) is 7.08. The number of pyridine rings is 1. The molecule has 1 saturated heterocycles. The van der Waals surface area contributed by atoms with Crippen molar-refractivity contribution in [2.75, 3.05) is 13.1 Å². The smallest absolute Gasteiger partial charge is 0.322 e. The van der Waals surface area contributed by atoms with Crippen molar-refractivity contribution in [1.82, 2.24) is 4.90 Å². The van der Waals surface area contributed by atoms with E-state index in [0.717, 1.165) is 19.3 Å². The van der Waals surface area contributed by atoms with Gasteiger partial charge in [0.1, 0.15) is 0 Å². The fourth-order valence-corrected chi connectivity index (χ4v) is 2.59. The monoisotopic (exact) mass is 283 g/mol. The van der Waals surface area contributed by atoms with Crippen molar-refractivity contribution in [3.05, 3.63) is 30.1 Å². The Hall–Kier alpha value is -1.52. The Kier molecular flexibility index (Phi) is 4.35. The number of carbonyl (C=O) groups is 1. The number of alkyl halides is 2. The van der Waals surface area contributed by atoms with Gasteiger partial charge in [-0.2, -0.15) is 8.78 Å². The minimum absolute atomic E-state index is 0.287. The summed E-state index contributed by atoms with van der Waals surface area (Å²) in [6.45, 7) is 3.57. The van der Waals surface area contributed by atoms with E-state index in [4.69, 9.17) is 0 Å². The van der Waals surface area contributed by atoms with Crippen LogP contribution < -0.4 is 4.57 Å². The molecule has 0 aliphatic carbocycles. The van der Waals surface area contributed by atoms with Gasteiger partial charge in [-0.05, 0) is 12.0 Å². The van der Waals surface area contributed by atoms with Gasteiger partial charge in [-0.15, -0.1) is 0 Å². The van der Waals surface area contributed by atoms with Crippen molar-refractivity contribution in [3.8, 4) is 0 Å². The molecule has 1 aromatic heterocycles. The third kappa shape index (κ3) is 3.32. The van der Waals surface area contributed by atoms with Crippen LogP contribution in [0.15, 0.2) is 24.5 Å². The second-order valence-corrected chi connectivity index (χ2v) is 5.42. The lowest BCUT2D eigenvalue weighted by atomic mass is 10.0. The molecule has 110 valence electrons. The van der Waals surface area contributed by atoms with E-state index in [1.54, 1.807) is 0 Å². The molecule has 0 atom stereocenters. The zero-order valence-corrected chi connectivity index (χ0v) is 12.0. The Labute approximate surface area is 118 Å². The number of aryl methyl sites for hydroxylation is 1. The molecular weight excluding hydrogens is 262 g/mol. The Bertz CT molecular complexity index is 460. The van der Waals surface area contributed by atoms with E-state index in [0.29, 0.717) is 20.0 Å². The minimum atomic E-state index is -3.26. The van der Waals surface area contributed by atoms with E-state index in [9.17, 15) is 13.6 Å². The Morgan fingerprint density at radius 1 is 1.35 bits per heavy atom. The van der Waals surface area contributed by atoms with Crippen LogP contribution in [-0.2, 0) is 11.2 Å². The summed E-state index contributed by atoms with van der Waals surface area (Å²) in [6.07, 6.45) is 6.51. The minimum Gasteiger partial charge on any atom is -0.337 e. The molecule has 1 amide bonds. The number of hydrogen-bond acceptors (Lipinski definition) is 1. The highest BCUT2D eigenvalue weighted by atomic mass is 19.3. The van der Waals surface area contributed by atoms with Gasteiger partial charge in [0.05, 0.1) is 0 Å². The molecule has 2 rings (SSSR count). The number of hydrogen-bond donors (Lipinski definition) is 0. The first kappa shape index (κ1) is 14.9. The highest BCUT2D eigenvalue weighted by molar-refractivity contribution is 5.83. The normalized spacial score (nSPS) is 17.3. The fraction of sp³-hybridized carbons (Fsp3) is 0.600. The van der Waals surface area contributed by atoms with Gasteiger partial charge in [0.25, 0.3) is 5.91 Å². The van der Waals surface area contributed by atoms with Gasteiger partial charge in [0.15, 0.2) is 18.4 Å². The van der Waals surface area contributed by atoms with E-state index >= 15 is 0 Å². The van der Waals surface area contributed by atoms with Crippen LogP contribution in [0.2, 0.25) is 0 Å². The molecule has 5 heteroatoms. The number of aromatic nitrogens is 1. The number of nitrogens with zero attached hydrogens (tertiary/aromatic N) is 2. The highest BCUT2D eigenvalue weighted by Crippen LogP contribution is 2.22. The molecule has 0 N–H and O–H groups in total. The van der Waals surface area contributed by atoms with Crippen molar-refractivity contribution in [1.29, 1.82) is 0 Å². The van der Waals surface area contributed by atoms with Crippen molar-refractivity contribution in [2.45, 2.75) is 45.1 Å². The molecule has 2 heterocycles. The molecule has 3 nitrogen and oxygen atoms in total. The standard InChI is InChI=1S/C15H21F2N2O/c1-3-12-4-8-18(9-5-12)13-6-10-19(11-7-13)14(20)15(2,16)17/h4-5,8-9,13H,3,6-7,10-11H2,1-2H3/q+1. The molecule has 1 aliphatic heterocycles. The third-order valence-corrected chi connectivity index (χ3v) is 3.88. The number of amides is 1. The van der Waals surface area contributed by atoms with E-state index in [-0.39, 0.29) is 6.04 Å². The summed E-state index contributed by atoms with van der Waals surface area (Å²) in [5.74, 6) is -4.31. The molecule has 0 bridgehead atoms. The maximum atomic E-state index is 13.0. The van der Waals surface area contributed by atoms with Crippen LogP contribution in [0.1, 0.15) is 38.3 Å². The van der Waals surface area contributed by atoms with Crippen molar-refractivity contribution in [2.24, 2.45) is 0 Å². The van der Waals surface area contributed by atoms with Crippen LogP contribution in [0.3, 0.4) is 0 Å². The summed E-state index contributed by atoms with van der Waals surface area (Å²) < 4.78 is 28.1. The fourth-order valence-electron chi connectivity index (χ4n) is 2.59. The molecule has 1 fully saturated rings. The van der Waals surface area contributed by atoms with Gasteiger partial charge in [-0.25, -0.2) is 4.57 Å². The average Bonchev–Trinajstić information content (AvgIpc) is 2.46. The van der Waals surface area contributed by atoms with Gasteiger partial charge >= 0.3 is 5.92 Å². The van der Waals surface area contributed by atoms with E-state index in [1.165, 1.54) is 10.5 Å². The van der Waals surface area contributed by atoms with Crippen LogP contribution in [0.25, 0.3) is 0 Å². The summed E-state index contributed by atoms with van der Waals surface area (Å²) >= 11 is 0. The van der Waals surface area contributed by atoms with Gasteiger partial charge in [-0.3, -0.25) is 4.79 Å². The van der Waals surface area contributed by atoms with Gasteiger partial charge < -0.3 is 4.90 Å². The molecule has 1 aliphatic rings. The number of likely N-dealkylation sites (tertiary alicyclic amines) is 1. The molecular formula is C15H21F2N2O+. The van der Waals surface area contributed by atoms with Crippen LogP contribution in [0.5, 0.6) is 0 Å². The number of halogens is 2. The summed E-state index contributed by atoms with van der Waals surface area (Å²) in [4.78, 5) is 12.8. The zero-order valence-electron chi connectivity index (χ0n) is 12.0. The molecule has 20 heavy (non-hydrogen) atoms. The summed E-state index contributed by atoms with van der Waals surface area (Å²) in [5, 5.41) is 0. The molecule has 0 spiro atoms. The maximum absolute atomic E-state index is 13.0. The first-order chi connectivity index (χ1) is 9.41. The second-order valence-electron chi connectivity index (χ2n) is 5.42. The van der Waals surface area contributed by atoms with Gasteiger partial charge in [-0.1, -0.05) is 6.92 Å². The van der Waals surface area contributed by atoms with Crippen LogP contribution in [-0.4, -0.2) is 29.8 Å². The predicted molar refractivity (Wildman–Crippen MR) is 71.5 cm³/mol. The first-order valence-corrected chi connectivity index (χ1v) is 7.08. The maximum Gasteiger partial charge on any atom is 0.322 e. The molecule has 1 aromatic rings. The average molecular weight is 283 g/mol. The van der Waals surface area contributed by atoms with Crippen LogP contribution >= 0.6 is 0 Å². The molecule has 0 unspecified atom stereocenters. The van der Waals surface area contributed by atoms with Crippen molar-refractivity contribution < 1.29 is 18.1 Å². The largest absolute Gasteiger partial charge is 0.337 e. The van der Waals surface area contributed by atoms with Crippen molar-refractivity contribution >= 4 is 5.91 Å².